The van der Waals surface area contributed by atoms with Crippen molar-refractivity contribution in [2.24, 2.45) is 0 Å². The van der Waals surface area contributed by atoms with Crippen molar-refractivity contribution in [1.82, 2.24) is 4.90 Å². The third-order valence-electron chi connectivity index (χ3n) is 3.93. The summed E-state index contributed by atoms with van der Waals surface area (Å²) in [5, 5.41) is 5.72. The summed E-state index contributed by atoms with van der Waals surface area (Å²) >= 11 is 23.8. The number of anilines is 2. The van der Waals surface area contributed by atoms with E-state index in [2.05, 4.69) is 15.1 Å². The second-order valence-electron chi connectivity index (χ2n) is 5.48. The molecule has 1 aliphatic rings. The summed E-state index contributed by atoms with van der Waals surface area (Å²) in [4.78, 5) is 4.42. The van der Waals surface area contributed by atoms with Gasteiger partial charge in [-0.2, -0.15) is 0 Å². The van der Waals surface area contributed by atoms with E-state index in [1.807, 2.05) is 30.3 Å². The first-order valence-electron chi connectivity index (χ1n) is 7.55. The summed E-state index contributed by atoms with van der Waals surface area (Å²) in [5.41, 5.74) is 1.91. The summed E-state index contributed by atoms with van der Waals surface area (Å²) in [6, 6.07) is 13.3. The maximum atomic E-state index is 6.27. The molecular weight excluding hydrogens is 385 g/mol. The molecule has 126 valence electrons. The predicted octanol–water partition coefficient (Wildman–Crippen LogP) is 5.17. The molecule has 24 heavy (non-hydrogen) atoms. The number of hydrogen-bond donors (Lipinski definition) is 1. The average molecular weight is 401 g/mol. The van der Waals surface area contributed by atoms with Crippen molar-refractivity contribution < 1.29 is 0 Å². The van der Waals surface area contributed by atoms with Gasteiger partial charge in [0.2, 0.25) is 0 Å². The monoisotopic (exact) mass is 399 g/mol. The van der Waals surface area contributed by atoms with Crippen molar-refractivity contribution in [2.45, 2.75) is 0 Å². The number of rotatable bonds is 2. The fourth-order valence-corrected chi connectivity index (χ4v) is 3.49. The molecule has 1 N–H and O–H groups in total. The first-order valence-corrected chi connectivity index (χ1v) is 9.09. The van der Waals surface area contributed by atoms with Gasteiger partial charge in [0.15, 0.2) is 5.11 Å². The molecule has 2 aromatic rings. The molecule has 0 aliphatic carbocycles. The highest BCUT2D eigenvalue weighted by molar-refractivity contribution is 7.80. The lowest BCUT2D eigenvalue weighted by atomic mass is 10.2. The summed E-state index contributed by atoms with van der Waals surface area (Å²) in [6.45, 7) is 3.40. The SMILES string of the molecule is S=C(Nc1ccc(Cl)c(Cl)c1)N1CCN(c2ccccc2Cl)CC1. The third-order valence-corrected chi connectivity index (χ3v) is 5.35. The Kier molecular flexibility index (Phi) is 5.72. The van der Waals surface area contributed by atoms with Crippen LogP contribution in [0.3, 0.4) is 0 Å². The lowest BCUT2D eigenvalue weighted by Gasteiger charge is -2.37. The van der Waals surface area contributed by atoms with E-state index >= 15 is 0 Å². The lowest BCUT2D eigenvalue weighted by molar-refractivity contribution is 0.391. The van der Waals surface area contributed by atoms with Gasteiger partial charge < -0.3 is 15.1 Å². The van der Waals surface area contributed by atoms with Crippen LogP contribution in [0.4, 0.5) is 11.4 Å². The smallest absolute Gasteiger partial charge is 0.173 e. The third kappa shape index (κ3) is 4.06. The Bertz CT molecular complexity index is 746. The van der Waals surface area contributed by atoms with Crippen molar-refractivity contribution in [3.63, 3.8) is 0 Å². The quantitative estimate of drug-likeness (QED) is 0.701. The average Bonchev–Trinajstić information content (AvgIpc) is 2.59. The number of piperazine rings is 1. The van der Waals surface area contributed by atoms with E-state index in [-0.39, 0.29) is 0 Å². The van der Waals surface area contributed by atoms with E-state index in [0.717, 1.165) is 42.6 Å². The highest BCUT2D eigenvalue weighted by atomic mass is 35.5. The molecule has 1 fully saturated rings. The van der Waals surface area contributed by atoms with Crippen molar-refractivity contribution in [3.05, 3.63) is 57.5 Å². The number of benzene rings is 2. The molecule has 0 aromatic heterocycles. The molecule has 3 nitrogen and oxygen atoms in total. The molecule has 1 heterocycles. The van der Waals surface area contributed by atoms with Gasteiger partial charge in [-0.25, -0.2) is 0 Å². The van der Waals surface area contributed by atoms with Crippen LogP contribution in [0.1, 0.15) is 0 Å². The second kappa shape index (κ2) is 7.79. The highest BCUT2D eigenvalue weighted by Gasteiger charge is 2.20. The van der Waals surface area contributed by atoms with Crippen LogP contribution in [0.25, 0.3) is 0 Å². The van der Waals surface area contributed by atoms with E-state index in [4.69, 9.17) is 47.0 Å². The minimum atomic E-state index is 0.507. The minimum absolute atomic E-state index is 0.507. The van der Waals surface area contributed by atoms with Crippen LogP contribution >= 0.6 is 47.0 Å². The first-order chi connectivity index (χ1) is 11.5. The Balaban J connectivity index is 1.59. The predicted molar refractivity (Wildman–Crippen MR) is 108 cm³/mol. The van der Waals surface area contributed by atoms with E-state index in [9.17, 15) is 0 Å². The second-order valence-corrected chi connectivity index (χ2v) is 7.09. The summed E-state index contributed by atoms with van der Waals surface area (Å²) in [7, 11) is 0. The highest BCUT2D eigenvalue weighted by Crippen LogP contribution is 2.27. The standard InChI is InChI=1S/C17H16Cl3N3S/c18-13-6-5-12(11-15(13)20)21-17(24)23-9-7-22(8-10-23)16-4-2-1-3-14(16)19/h1-6,11H,7-10H2,(H,21,24). The van der Waals surface area contributed by atoms with Gasteiger partial charge in [0.05, 0.1) is 20.8 Å². The fourth-order valence-electron chi connectivity index (χ4n) is 2.64. The molecule has 0 atom stereocenters. The van der Waals surface area contributed by atoms with Crippen LogP contribution in [-0.4, -0.2) is 36.2 Å². The largest absolute Gasteiger partial charge is 0.367 e. The van der Waals surface area contributed by atoms with Crippen LogP contribution in [0.2, 0.25) is 15.1 Å². The molecule has 3 rings (SSSR count). The zero-order chi connectivity index (χ0) is 17.1. The van der Waals surface area contributed by atoms with Gasteiger partial charge in [-0.15, -0.1) is 0 Å². The van der Waals surface area contributed by atoms with Crippen LogP contribution < -0.4 is 10.2 Å². The van der Waals surface area contributed by atoms with Crippen molar-refractivity contribution in [3.8, 4) is 0 Å². The van der Waals surface area contributed by atoms with Gasteiger partial charge in [0.1, 0.15) is 0 Å². The number of hydrogen-bond acceptors (Lipinski definition) is 2. The van der Waals surface area contributed by atoms with Crippen LogP contribution in [0, 0.1) is 0 Å². The minimum Gasteiger partial charge on any atom is -0.367 e. The van der Waals surface area contributed by atoms with Crippen LogP contribution in [0.5, 0.6) is 0 Å². The summed E-state index contributed by atoms with van der Waals surface area (Å²) < 4.78 is 0. The number of nitrogens with zero attached hydrogens (tertiary/aromatic N) is 2. The number of halogens is 3. The van der Waals surface area contributed by atoms with Gasteiger partial charge in [-0.05, 0) is 42.5 Å². The number of nitrogens with one attached hydrogen (secondary N) is 1. The molecule has 0 unspecified atom stereocenters. The van der Waals surface area contributed by atoms with Gasteiger partial charge >= 0.3 is 0 Å². The number of thiocarbonyl (C=S) groups is 1. The Morgan fingerprint density at radius 3 is 2.25 bits per heavy atom. The zero-order valence-electron chi connectivity index (χ0n) is 12.8. The maximum Gasteiger partial charge on any atom is 0.173 e. The summed E-state index contributed by atoms with van der Waals surface area (Å²) in [6.07, 6.45) is 0. The topological polar surface area (TPSA) is 18.5 Å². The van der Waals surface area contributed by atoms with E-state index in [1.54, 1.807) is 12.1 Å². The van der Waals surface area contributed by atoms with Gasteiger partial charge in [0.25, 0.3) is 0 Å². The molecule has 0 spiro atoms. The lowest BCUT2D eigenvalue weighted by Crippen LogP contribution is -2.50. The Morgan fingerprint density at radius 1 is 0.875 bits per heavy atom. The summed E-state index contributed by atoms with van der Waals surface area (Å²) in [5.74, 6) is 0. The molecule has 1 aliphatic heterocycles. The Hall–Kier alpha value is -1.20. The van der Waals surface area contributed by atoms with Crippen molar-refractivity contribution in [1.29, 1.82) is 0 Å². The van der Waals surface area contributed by atoms with E-state index in [1.165, 1.54) is 0 Å². The van der Waals surface area contributed by atoms with Crippen LogP contribution in [-0.2, 0) is 0 Å². The molecule has 0 bridgehead atoms. The van der Waals surface area contributed by atoms with Gasteiger partial charge in [0, 0.05) is 31.9 Å². The molecule has 0 amide bonds. The van der Waals surface area contributed by atoms with Gasteiger partial charge in [-0.1, -0.05) is 46.9 Å². The molecular formula is C17H16Cl3N3S. The van der Waals surface area contributed by atoms with Crippen molar-refractivity contribution in [2.75, 3.05) is 36.4 Å². The zero-order valence-corrected chi connectivity index (χ0v) is 15.9. The Morgan fingerprint density at radius 2 is 1.58 bits per heavy atom. The molecule has 2 aromatic carbocycles. The Labute approximate surface area is 162 Å². The van der Waals surface area contributed by atoms with Crippen LogP contribution in [0.15, 0.2) is 42.5 Å². The van der Waals surface area contributed by atoms with E-state index in [0.29, 0.717) is 15.2 Å². The maximum absolute atomic E-state index is 6.27. The molecule has 7 heteroatoms. The van der Waals surface area contributed by atoms with Crippen molar-refractivity contribution >= 4 is 63.5 Å². The molecule has 0 saturated carbocycles. The van der Waals surface area contributed by atoms with Gasteiger partial charge in [-0.3, -0.25) is 0 Å². The fraction of sp³-hybridized carbons (Fsp3) is 0.235. The number of para-hydroxylation sites is 1. The first kappa shape index (κ1) is 17.6. The normalized spacial score (nSPS) is 14.6. The van der Waals surface area contributed by atoms with E-state index < -0.39 is 0 Å². The molecule has 1 saturated heterocycles. The molecule has 0 radical (unpaired) electrons.